The summed E-state index contributed by atoms with van der Waals surface area (Å²) in [5.41, 5.74) is 0.180. The van der Waals surface area contributed by atoms with Gasteiger partial charge in [0.1, 0.15) is 6.04 Å². The molecule has 0 aromatic rings. The second kappa shape index (κ2) is 5.78. The van der Waals surface area contributed by atoms with Gasteiger partial charge in [0.05, 0.1) is 13.2 Å². The third-order valence-electron chi connectivity index (χ3n) is 5.82. The van der Waals surface area contributed by atoms with Crippen LogP contribution in [0.5, 0.6) is 0 Å². The maximum atomic E-state index is 12.6. The number of rotatable bonds is 5. The quantitative estimate of drug-likeness (QED) is 0.588. The topological polar surface area (TPSA) is 96.5 Å². The second-order valence-corrected chi connectivity index (χ2v) is 7.44. The van der Waals surface area contributed by atoms with Crippen molar-refractivity contribution in [1.82, 2.24) is 16.0 Å². The molecule has 5 atom stereocenters. The van der Waals surface area contributed by atoms with Gasteiger partial charge >= 0.3 is 5.97 Å². The van der Waals surface area contributed by atoms with Crippen LogP contribution in [0.3, 0.4) is 0 Å². The van der Waals surface area contributed by atoms with Gasteiger partial charge in [0.25, 0.3) is 0 Å². The molecular formula is C16H25N3O4. The van der Waals surface area contributed by atoms with Crippen molar-refractivity contribution < 1.29 is 19.1 Å². The first kappa shape index (κ1) is 16.2. The minimum absolute atomic E-state index is 0.0597. The van der Waals surface area contributed by atoms with Gasteiger partial charge in [0.2, 0.25) is 11.8 Å². The van der Waals surface area contributed by atoms with Crippen LogP contribution in [-0.4, -0.2) is 50.1 Å². The van der Waals surface area contributed by atoms with Crippen LogP contribution in [0.2, 0.25) is 0 Å². The average molecular weight is 323 g/mol. The Balaban J connectivity index is 1.63. The zero-order chi connectivity index (χ0) is 16.8. The molecule has 3 rings (SSSR count). The fourth-order valence-electron chi connectivity index (χ4n) is 4.25. The molecule has 2 amide bonds. The van der Waals surface area contributed by atoms with Crippen LogP contribution in [0.15, 0.2) is 0 Å². The molecule has 3 aliphatic rings. The molecular weight excluding hydrogens is 298 g/mol. The number of fused-ring (bicyclic) bond motifs is 1. The molecule has 2 aliphatic heterocycles. The molecule has 1 aliphatic carbocycles. The van der Waals surface area contributed by atoms with Crippen LogP contribution in [-0.2, 0) is 19.1 Å². The van der Waals surface area contributed by atoms with E-state index in [9.17, 15) is 14.4 Å². The summed E-state index contributed by atoms with van der Waals surface area (Å²) in [4.78, 5) is 36.3. The fraction of sp³-hybridized carbons (Fsp3) is 0.812. The lowest BCUT2D eigenvalue weighted by Gasteiger charge is -2.23. The molecule has 0 aromatic heterocycles. The van der Waals surface area contributed by atoms with E-state index in [1.165, 1.54) is 7.11 Å². The van der Waals surface area contributed by atoms with E-state index in [-0.39, 0.29) is 35.6 Å². The van der Waals surface area contributed by atoms with Crippen molar-refractivity contribution in [2.45, 2.75) is 38.8 Å². The van der Waals surface area contributed by atoms with Crippen LogP contribution in [0.1, 0.15) is 26.7 Å². The van der Waals surface area contributed by atoms with Gasteiger partial charge in [-0.05, 0) is 36.6 Å². The second-order valence-electron chi connectivity index (χ2n) is 7.44. The Labute approximate surface area is 135 Å². The SMILES string of the molecule is COC(=O)[C@H](C[C@@H]1CCNC1=O)NC(=O)[C@H]1NC[C@H]2[C@@H]1C2(C)C. The van der Waals surface area contributed by atoms with Crippen LogP contribution in [0.25, 0.3) is 0 Å². The van der Waals surface area contributed by atoms with Gasteiger partial charge in [-0.1, -0.05) is 13.8 Å². The molecule has 23 heavy (non-hydrogen) atoms. The maximum Gasteiger partial charge on any atom is 0.328 e. The highest BCUT2D eigenvalue weighted by Crippen LogP contribution is 2.62. The van der Waals surface area contributed by atoms with Gasteiger partial charge < -0.3 is 20.7 Å². The summed E-state index contributed by atoms with van der Waals surface area (Å²) in [6.45, 7) is 5.80. The number of amides is 2. The van der Waals surface area contributed by atoms with E-state index in [0.717, 1.165) is 6.54 Å². The first-order chi connectivity index (χ1) is 10.9. The molecule has 128 valence electrons. The standard InChI is InChI=1S/C16H25N3O4/c1-16(2)9-7-18-12(11(9)16)14(21)19-10(15(22)23-3)6-8-4-5-17-13(8)20/h8-12,18H,4-7H2,1-3H3,(H,17,20)(H,19,21)/t8-,9-,10-,11-,12-/m0/s1. The summed E-state index contributed by atoms with van der Waals surface area (Å²) >= 11 is 0. The number of nitrogens with one attached hydrogen (secondary N) is 3. The molecule has 2 heterocycles. The summed E-state index contributed by atoms with van der Waals surface area (Å²) in [7, 11) is 1.30. The minimum Gasteiger partial charge on any atom is -0.467 e. The van der Waals surface area contributed by atoms with Crippen LogP contribution in [0.4, 0.5) is 0 Å². The lowest BCUT2D eigenvalue weighted by molar-refractivity contribution is -0.146. The zero-order valence-electron chi connectivity index (χ0n) is 13.8. The average Bonchev–Trinajstić information content (AvgIpc) is 2.94. The van der Waals surface area contributed by atoms with Crippen LogP contribution in [0, 0.1) is 23.2 Å². The number of esters is 1. The van der Waals surface area contributed by atoms with Crippen molar-refractivity contribution in [3.05, 3.63) is 0 Å². The summed E-state index contributed by atoms with van der Waals surface area (Å²) in [5.74, 6) is -0.137. The number of methoxy groups -OCH3 is 1. The highest BCUT2D eigenvalue weighted by atomic mass is 16.5. The predicted molar refractivity (Wildman–Crippen MR) is 82.2 cm³/mol. The van der Waals surface area contributed by atoms with Gasteiger partial charge in [0, 0.05) is 12.5 Å². The molecule has 0 radical (unpaired) electrons. The Kier molecular flexibility index (Phi) is 4.08. The number of carbonyl (C=O) groups is 3. The van der Waals surface area contributed by atoms with E-state index in [2.05, 4.69) is 29.8 Å². The molecule has 0 spiro atoms. The summed E-state index contributed by atoms with van der Waals surface area (Å²) in [6.07, 6.45) is 0.968. The van der Waals surface area contributed by atoms with E-state index in [1.54, 1.807) is 0 Å². The largest absolute Gasteiger partial charge is 0.467 e. The van der Waals surface area contributed by atoms with Gasteiger partial charge in [-0.3, -0.25) is 9.59 Å². The molecule has 7 heteroatoms. The van der Waals surface area contributed by atoms with Crippen molar-refractivity contribution in [1.29, 1.82) is 0 Å². The first-order valence-corrected chi connectivity index (χ1v) is 8.25. The van der Waals surface area contributed by atoms with Gasteiger partial charge in [-0.15, -0.1) is 0 Å². The third kappa shape index (κ3) is 2.82. The van der Waals surface area contributed by atoms with Crippen LogP contribution >= 0.6 is 0 Å². The molecule has 2 saturated heterocycles. The van der Waals surface area contributed by atoms with E-state index < -0.39 is 12.0 Å². The zero-order valence-corrected chi connectivity index (χ0v) is 13.8. The van der Waals surface area contributed by atoms with Crippen molar-refractivity contribution >= 4 is 17.8 Å². The number of carbonyl (C=O) groups excluding carboxylic acids is 3. The van der Waals surface area contributed by atoms with E-state index in [4.69, 9.17) is 4.74 Å². The van der Waals surface area contributed by atoms with Crippen molar-refractivity contribution in [3.63, 3.8) is 0 Å². The van der Waals surface area contributed by atoms with E-state index in [1.807, 2.05) is 0 Å². The van der Waals surface area contributed by atoms with Crippen molar-refractivity contribution in [2.24, 2.45) is 23.2 Å². The summed E-state index contributed by atoms with van der Waals surface area (Å²) in [6, 6.07) is -1.04. The fourth-order valence-corrected chi connectivity index (χ4v) is 4.25. The Morgan fingerprint density at radius 3 is 2.70 bits per heavy atom. The van der Waals surface area contributed by atoms with Crippen molar-refractivity contribution in [3.8, 4) is 0 Å². The third-order valence-corrected chi connectivity index (χ3v) is 5.82. The van der Waals surface area contributed by atoms with Crippen molar-refractivity contribution in [2.75, 3.05) is 20.2 Å². The van der Waals surface area contributed by atoms with E-state index in [0.29, 0.717) is 24.8 Å². The highest BCUT2D eigenvalue weighted by molar-refractivity contribution is 5.89. The highest BCUT2D eigenvalue weighted by Gasteiger charge is 2.65. The first-order valence-electron chi connectivity index (χ1n) is 8.25. The Morgan fingerprint density at radius 2 is 2.17 bits per heavy atom. The Hall–Kier alpha value is -1.63. The normalized spacial score (nSPS) is 35.2. The molecule has 3 N–H and O–H groups in total. The molecule has 0 bridgehead atoms. The number of piperidine rings is 1. The van der Waals surface area contributed by atoms with Gasteiger partial charge in [-0.2, -0.15) is 0 Å². The smallest absolute Gasteiger partial charge is 0.328 e. The molecule has 0 unspecified atom stereocenters. The molecule has 1 saturated carbocycles. The minimum atomic E-state index is -0.774. The number of hydrogen-bond acceptors (Lipinski definition) is 5. The summed E-state index contributed by atoms with van der Waals surface area (Å²) < 4.78 is 4.79. The molecule has 3 fully saturated rings. The lowest BCUT2D eigenvalue weighted by Crippen LogP contribution is -2.51. The lowest BCUT2D eigenvalue weighted by atomic mass is 9.97. The summed E-state index contributed by atoms with van der Waals surface area (Å²) in [5, 5.41) is 8.78. The van der Waals surface area contributed by atoms with Crippen LogP contribution < -0.4 is 16.0 Å². The number of hydrogen-bond donors (Lipinski definition) is 3. The Morgan fingerprint density at radius 1 is 1.43 bits per heavy atom. The molecule has 7 nitrogen and oxygen atoms in total. The monoisotopic (exact) mass is 323 g/mol. The predicted octanol–water partition coefficient (Wildman–Crippen LogP) is -0.586. The Bertz CT molecular complexity index is 533. The van der Waals surface area contributed by atoms with Gasteiger partial charge in [0.15, 0.2) is 0 Å². The molecule has 0 aromatic carbocycles. The maximum absolute atomic E-state index is 12.6. The van der Waals surface area contributed by atoms with Gasteiger partial charge in [-0.25, -0.2) is 4.79 Å². The van der Waals surface area contributed by atoms with E-state index >= 15 is 0 Å². The number of ether oxygens (including phenoxy) is 1.